The summed E-state index contributed by atoms with van der Waals surface area (Å²) in [5, 5.41) is 12.8. The predicted molar refractivity (Wildman–Crippen MR) is 114 cm³/mol. The van der Waals surface area contributed by atoms with Crippen LogP contribution in [0.2, 0.25) is 5.02 Å². The number of halogens is 1. The van der Waals surface area contributed by atoms with Crippen LogP contribution in [0.1, 0.15) is 19.4 Å². The first-order valence-corrected chi connectivity index (χ1v) is 10.6. The number of carbonyl (C=O) groups excluding carboxylic acids is 1. The van der Waals surface area contributed by atoms with E-state index in [2.05, 4.69) is 39.5 Å². The molecule has 3 rings (SSSR count). The Hall–Kier alpha value is -2.32. The van der Waals surface area contributed by atoms with Gasteiger partial charge in [0, 0.05) is 17.6 Å². The third-order valence-electron chi connectivity index (χ3n) is 4.04. The molecule has 28 heavy (non-hydrogen) atoms. The minimum Gasteiger partial charge on any atom is -0.367 e. The van der Waals surface area contributed by atoms with Crippen LogP contribution >= 0.6 is 23.4 Å². The van der Waals surface area contributed by atoms with Crippen molar-refractivity contribution < 1.29 is 4.79 Å². The van der Waals surface area contributed by atoms with Crippen molar-refractivity contribution in [2.75, 3.05) is 18.1 Å². The molecule has 0 saturated heterocycles. The molecule has 3 aromatic rings. The van der Waals surface area contributed by atoms with Gasteiger partial charge in [0.2, 0.25) is 5.91 Å². The predicted octanol–water partition coefficient (Wildman–Crippen LogP) is 3.38. The van der Waals surface area contributed by atoms with Crippen LogP contribution in [0, 0.1) is 0 Å². The Morgan fingerprint density at radius 3 is 2.79 bits per heavy atom. The summed E-state index contributed by atoms with van der Waals surface area (Å²) < 4.78 is 1.79. The highest BCUT2D eigenvalue weighted by molar-refractivity contribution is 7.98. The fraction of sp³-hybridized carbons (Fsp3) is 0.368. The van der Waals surface area contributed by atoms with Crippen molar-refractivity contribution in [2.24, 2.45) is 0 Å². The van der Waals surface area contributed by atoms with Gasteiger partial charge < -0.3 is 10.6 Å². The van der Waals surface area contributed by atoms with E-state index >= 15 is 0 Å². The van der Waals surface area contributed by atoms with Crippen LogP contribution in [0.4, 0.5) is 5.82 Å². The van der Waals surface area contributed by atoms with Gasteiger partial charge in [0.05, 0.1) is 24.5 Å². The summed E-state index contributed by atoms with van der Waals surface area (Å²) in [4.78, 5) is 21.3. The highest BCUT2D eigenvalue weighted by atomic mass is 35.5. The van der Waals surface area contributed by atoms with Crippen molar-refractivity contribution >= 4 is 46.1 Å². The smallest absolute Gasteiger partial charge is 0.224 e. The molecule has 0 unspecified atom stereocenters. The molecule has 0 saturated carbocycles. The van der Waals surface area contributed by atoms with E-state index < -0.39 is 0 Å². The van der Waals surface area contributed by atoms with E-state index in [9.17, 15) is 4.79 Å². The van der Waals surface area contributed by atoms with Gasteiger partial charge in [-0.3, -0.25) is 4.79 Å². The Morgan fingerprint density at radius 1 is 1.29 bits per heavy atom. The molecule has 0 bridgehead atoms. The number of nitrogens with one attached hydrogen (secondary N) is 2. The van der Waals surface area contributed by atoms with Gasteiger partial charge >= 0.3 is 0 Å². The second-order valence-electron chi connectivity index (χ2n) is 6.58. The number of rotatable bonds is 8. The fourth-order valence-corrected chi connectivity index (χ4v) is 3.32. The monoisotopic (exact) mass is 418 g/mol. The van der Waals surface area contributed by atoms with Crippen molar-refractivity contribution in [3.8, 4) is 0 Å². The molecule has 2 N–H and O–H groups in total. The molecule has 9 heteroatoms. The van der Waals surface area contributed by atoms with Gasteiger partial charge in [-0.05, 0) is 31.7 Å². The number of carbonyl (C=O) groups is 1. The lowest BCUT2D eigenvalue weighted by molar-refractivity contribution is -0.120. The summed E-state index contributed by atoms with van der Waals surface area (Å²) in [6.45, 7) is 5.09. The maximum Gasteiger partial charge on any atom is 0.224 e. The summed E-state index contributed by atoms with van der Waals surface area (Å²) in [5.41, 5.74) is 1.57. The highest BCUT2D eigenvalue weighted by Crippen LogP contribution is 2.23. The topological polar surface area (TPSA) is 84.7 Å². The van der Waals surface area contributed by atoms with Crippen molar-refractivity contribution in [1.29, 1.82) is 0 Å². The normalized spacial score (nSPS) is 11.2. The Balaban J connectivity index is 1.67. The number of thioether (sulfide) groups is 1. The molecule has 2 aromatic heterocycles. The molecule has 0 aliphatic heterocycles. The molecule has 1 aromatic carbocycles. The van der Waals surface area contributed by atoms with Crippen LogP contribution in [0.5, 0.6) is 0 Å². The Kier molecular flexibility index (Phi) is 6.74. The second-order valence-corrected chi connectivity index (χ2v) is 7.76. The molecule has 7 nitrogen and oxygen atoms in total. The first-order valence-electron chi connectivity index (χ1n) is 9.02. The molecular weight excluding hydrogens is 396 g/mol. The van der Waals surface area contributed by atoms with E-state index in [0.717, 1.165) is 22.4 Å². The summed E-state index contributed by atoms with van der Waals surface area (Å²) in [6, 6.07) is 7.61. The second kappa shape index (κ2) is 9.25. The number of aromatic nitrogens is 4. The molecule has 0 spiro atoms. The lowest BCUT2D eigenvalue weighted by Crippen LogP contribution is -2.29. The summed E-state index contributed by atoms with van der Waals surface area (Å²) >= 11 is 7.59. The van der Waals surface area contributed by atoms with Gasteiger partial charge in [0.15, 0.2) is 10.8 Å². The molecule has 0 radical (unpaired) electrons. The van der Waals surface area contributed by atoms with Gasteiger partial charge in [-0.1, -0.05) is 41.6 Å². The quantitative estimate of drug-likeness (QED) is 0.431. The number of hydrogen-bond acceptors (Lipinski definition) is 6. The van der Waals surface area contributed by atoms with Crippen LogP contribution in [0.15, 0.2) is 35.6 Å². The van der Waals surface area contributed by atoms with E-state index in [1.807, 2.05) is 24.5 Å². The highest BCUT2D eigenvalue weighted by Gasteiger charge is 2.14. The van der Waals surface area contributed by atoms with Gasteiger partial charge in [0.25, 0.3) is 0 Å². The van der Waals surface area contributed by atoms with Crippen molar-refractivity contribution in [3.05, 3.63) is 41.0 Å². The van der Waals surface area contributed by atoms with Crippen molar-refractivity contribution in [2.45, 2.75) is 38.0 Å². The summed E-state index contributed by atoms with van der Waals surface area (Å²) in [5.74, 6) is 0.699. The molecular formula is C19H23ClN6OS. The Labute approximate surface area is 173 Å². The number of hydrogen-bond donors (Lipinski definition) is 2. The molecule has 148 valence electrons. The molecule has 0 fully saturated rings. The lowest BCUT2D eigenvalue weighted by atomic mass is 10.1. The largest absolute Gasteiger partial charge is 0.367 e. The van der Waals surface area contributed by atoms with Gasteiger partial charge in [-0.15, -0.1) is 0 Å². The fourth-order valence-electron chi connectivity index (χ4n) is 2.75. The minimum atomic E-state index is -0.0776. The first kappa shape index (κ1) is 20.4. The van der Waals surface area contributed by atoms with Gasteiger partial charge in [0.1, 0.15) is 5.82 Å². The Bertz CT molecular complexity index is 974. The number of benzene rings is 1. The average Bonchev–Trinajstić information content (AvgIpc) is 3.06. The van der Waals surface area contributed by atoms with Crippen molar-refractivity contribution in [3.63, 3.8) is 0 Å². The third kappa shape index (κ3) is 4.94. The zero-order chi connectivity index (χ0) is 20.1. The van der Waals surface area contributed by atoms with Crippen LogP contribution in [-0.4, -0.2) is 44.5 Å². The number of amides is 1. The van der Waals surface area contributed by atoms with Crippen LogP contribution < -0.4 is 10.6 Å². The molecule has 1 amide bonds. The summed E-state index contributed by atoms with van der Waals surface area (Å²) in [6.07, 6.45) is 3.95. The Morgan fingerprint density at radius 2 is 2.07 bits per heavy atom. The van der Waals surface area contributed by atoms with E-state index in [0.29, 0.717) is 23.3 Å². The van der Waals surface area contributed by atoms with Gasteiger partial charge in [-0.25, -0.2) is 14.6 Å². The first-order chi connectivity index (χ1) is 13.5. The standard InChI is InChI=1S/C19H23ClN6OS/c1-12(2)23-17-14-11-22-26(18(14)25-19(24-17)28-3)9-8-21-16(27)10-13-6-4-5-7-15(13)20/h4-7,11-12H,8-10H2,1-3H3,(H,21,27)(H,23,24,25). The molecule has 0 aliphatic carbocycles. The number of anilines is 1. The van der Waals surface area contributed by atoms with Crippen molar-refractivity contribution in [1.82, 2.24) is 25.1 Å². The minimum absolute atomic E-state index is 0.0776. The number of fused-ring (bicyclic) bond motifs is 1. The average molecular weight is 419 g/mol. The van der Waals surface area contributed by atoms with Crippen LogP contribution in [0.3, 0.4) is 0 Å². The molecule has 0 atom stereocenters. The van der Waals surface area contributed by atoms with E-state index in [-0.39, 0.29) is 18.4 Å². The zero-order valence-corrected chi connectivity index (χ0v) is 17.6. The third-order valence-corrected chi connectivity index (χ3v) is 4.95. The van der Waals surface area contributed by atoms with E-state index in [4.69, 9.17) is 11.6 Å². The van der Waals surface area contributed by atoms with Crippen LogP contribution in [0.25, 0.3) is 11.0 Å². The molecule has 2 heterocycles. The van der Waals surface area contributed by atoms with Crippen LogP contribution in [-0.2, 0) is 17.8 Å². The van der Waals surface area contributed by atoms with Gasteiger partial charge in [-0.2, -0.15) is 5.10 Å². The number of nitrogens with zero attached hydrogens (tertiary/aromatic N) is 4. The lowest BCUT2D eigenvalue weighted by Gasteiger charge is -2.11. The molecule has 0 aliphatic rings. The summed E-state index contributed by atoms with van der Waals surface area (Å²) in [7, 11) is 0. The SMILES string of the molecule is CSc1nc(NC(C)C)c2cnn(CCNC(=O)Cc3ccccc3Cl)c2n1. The maximum atomic E-state index is 12.2. The van der Waals surface area contributed by atoms with E-state index in [1.165, 1.54) is 11.8 Å². The zero-order valence-electron chi connectivity index (χ0n) is 16.1. The maximum absolute atomic E-state index is 12.2. The van der Waals surface area contributed by atoms with E-state index in [1.54, 1.807) is 16.9 Å².